The maximum absolute atomic E-state index is 12.8. The first kappa shape index (κ1) is 9.89. The van der Waals surface area contributed by atoms with Crippen LogP contribution in [0.3, 0.4) is 0 Å². The van der Waals surface area contributed by atoms with E-state index in [-0.39, 0.29) is 18.8 Å². The zero-order chi connectivity index (χ0) is 10.0. The van der Waals surface area contributed by atoms with Gasteiger partial charge in [-0.1, -0.05) is 11.8 Å². The Morgan fingerprint density at radius 3 is 3.07 bits per heavy atom. The van der Waals surface area contributed by atoms with Crippen LogP contribution in [0.25, 0.3) is 0 Å². The summed E-state index contributed by atoms with van der Waals surface area (Å²) in [6, 6.07) is 0. The second-order valence-corrected chi connectivity index (χ2v) is 4.58. The molecule has 1 unspecified atom stereocenters. The number of aromatic nitrogens is 3. The predicted molar refractivity (Wildman–Crippen MR) is 49.4 cm³/mol. The average Bonchev–Trinajstić information content (AvgIpc) is 2.70. The summed E-state index contributed by atoms with van der Waals surface area (Å²) >= 11 is 1.46. The minimum absolute atomic E-state index is 0.0220. The molecule has 1 aromatic rings. The van der Waals surface area contributed by atoms with Crippen molar-refractivity contribution in [2.75, 3.05) is 5.75 Å². The molecule has 0 amide bonds. The zero-order valence-electron chi connectivity index (χ0n) is 7.54. The van der Waals surface area contributed by atoms with Gasteiger partial charge in [0.25, 0.3) is 0 Å². The Hall–Kier alpha value is -0.650. The lowest BCUT2D eigenvalue weighted by Gasteiger charge is -2.08. The lowest BCUT2D eigenvalue weighted by atomic mass is 10.1. The highest BCUT2D eigenvalue weighted by atomic mass is 32.2. The number of halogens is 2. The van der Waals surface area contributed by atoms with E-state index >= 15 is 0 Å². The molecule has 1 heterocycles. The molecule has 0 radical (unpaired) electrons. The molecule has 6 heteroatoms. The molecule has 1 saturated carbocycles. The second-order valence-electron chi connectivity index (χ2n) is 3.57. The fraction of sp³-hybridized carbons (Fsp3) is 0.750. The molecule has 0 aromatic carbocycles. The molecule has 0 aliphatic heterocycles. The Bertz CT molecular complexity index is 289. The minimum atomic E-state index is -2.44. The topological polar surface area (TPSA) is 41.6 Å². The molecular weight excluding hydrogens is 208 g/mol. The van der Waals surface area contributed by atoms with Crippen molar-refractivity contribution >= 4 is 11.8 Å². The van der Waals surface area contributed by atoms with Gasteiger partial charge in [0.15, 0.2) is 5.16 Å². The SMILES string of the molecule is FC1(F)CCC(CSc2ncn[nH]2)C1. The monoisotopic (exact) mass is 219 g/mol. The van der Waals surface area contributed by atoms with Crippen molar-refractivity contribution in [3.05, 3.63) is 6.33 Å². The van der Waals surface area contributed by atoms with E-state index in [2.05, 4.69) is 15.2 Å². The van der Waals surface area contributed by atoms with Crippen LogP contribution in [-0.2, 0) is 0 Å². The van der Waals surface area contributed by atoms with E-state index in [9.17, 15) is 8.78 Å². The number of hydrogen-bond acceptors (Lipinski definition) is 3. The number of hydrogen-bond donors (Lipinski definition) is 1. The van der Waals surface area contributed by atoms with Gasteiger partial charge in [-0.15, -0.1) is 0 Å². The van der Waals surface area contributed by atoms with Gasteiger partial charge in [-0.05, 0) is 12.3 Å². The van der Waals surface area contributed by atoms with E-state index in [1.54, 1.807) is 0 Å². The highest BCUT2D eigenvalue weighted by Crippen LogP contribution is 2.40. The normalized spacial score (nSPS) is 25.4. The Morgan fingerprint density at radius 2 is 2.50 bits per heavy atom. The summed E-state index contributed by atoms with van der Waals surface area (Å²) < 4.78 is 25.6. The van der Waals surface area contributed by atoms with Crippen LogP contribution in [0.5, 0.6) is 0 Å². The average molecular weight is 219 g/mol. The van der Waals surface area contributed by atoms with Crippen molar-refractivity contribution in [1.82, 2.24) is 15.2 Å². The summed E-state index contributed by atoms with van der Waals surface area (Å²) in [4.78, 5) is 3.92. The first-order valence-corrected chi connectivity index (χ1v) is 5.50. The smallest absolute Gasteiger partial charge is 0.248 e. The summed E-state index contributed by atoms with van der Waals surface area (Å²) in [6.45, 7) is 0. The van der Waals surface area contributed by atoms with Gasteiger partial charge in [-0.3, -0.25) is 5.10 Å². The Kier molecular flexibility index (Phi) is 2.71. The molecular formula is C8H11F2N3S. The first-order chi connectivity index (χ1) is 6.66. The molecule has 1 aliphatic rings. The number of thioether (sulfide) groups is 1. The standard InChI is InChI=1S/C8H11F2N3S/c9-8(10)2-1-6(3-8)4-14-7-11-5-12-13-7/h5-6H,1-4H2,(H,11,12,13). The number of alkyl halides is 2. The molecule has 0 spiro atoms. The van der Waals surface area contributed by atoms with Gasteiger partial charge in [-0.2, -0.15) is 5.10 Å². The van der Waals surface area contributed by atoms with Gasteiger partial charge in [0.1, 0.15) is 6.33 Å². The van der Waals surface area contributed by atoms with Gasteiger partial charge in [0.2, 0.25) is 5.92 Å². The molecule has 3 nitrogen and oxygen atoms in total. The van der Waals surface area contributed by atoms with Crippen LogP contribution in [0.2, 0.25) is 0 Å². The van der Waals surface area contributed by atoms with E-state index in [4.69, 9.17) is 0 Å². The summed E-state index contributed by atoms with van der Waals surface area (Å²) in [5, 5.41) is 7.10. The molecule has 2 rings (SSSR count). The largest absolute Gasteiger partial charge is 0.254 e. The van der Waals surface area contributed by atoms with Gasteiger partial charge in [-0.25, -0.2) is 13.8 Å². The third kappa shape index (κ3) is 2.43. The van der Waals surface area contributed by atoms with E-state index in [1.165, 1.54) is 18.1 Å². The quantitative estimate of drug-likeness (QED) is 0.793. The van der Waals surface area contributed by atoms with E-state index in [0.717, 1.165) is 0 Å². The Balaban J connectivity index is 1.78. The van der Waals surface area contributed by atoms with Crippen LogP contribution in [0.1, 0.15) is 19.3 Å². The number of H-pyrrole nitrogens is 1. The van der Waals surface area contributed by atoms with Crippen LogP contribution in [0.15, 0.2) is 11.5 Å². The number of rotatable bonds is 3. The molecule has 1 aliphatic carbocycles. The number of nitrogens with one attached hydrogen (secondary N) is 1. The highest BCUT2D eigenvalue weighted by Gasteiger charge is 2.39. The van der Waals surface area contributed by atoms with Crippen LogP contribution in [-0.4, -0.2) is 26.9 Å². The van der Waals surface area contributed by atoms with Crippen LogP contribution >= 0.6 is 11.8 Å². The molecule has 0 saturated heterocycles. The van der Waals surface area contributed by atoms with E-state index in [1.807, 2.05) is 0 Å². The first-order valence-electron chi connectivity index (χ1n) is 4.52. The molecule has 14 heavy (non-hydrogen) atoms. The van der Waals surface area contributed by atoms with Crippen molar-refractivity contribution in [1.29, 1.82) is 0 Å². The Morgan fingerprint density at radius 1 is 1.64 bits per heavy atom. The lowest BCUT2D eigenvalue weighted by molar-refractivity contribution is 0.00596. The number of aromatic amines is 1. The molecule has 1 atom stereocenters. The summed E-state index contributed by atoms with van der Waals surface area (Å²) in [6.07, 6.45) is 2.10. The molecule has 1 fully saturated rings. The maximum atomic E-state index is 12.8. The summed E-state index contributed by atoms with van der Waals surface area (Å²) in [5.74, 6) is -1.63. The van der Waals surface area contributed by atoms with Gasteiger partial charge >= 0.3 is 0 Å². The summed E-state index contributed by atoms with van der Waals surface area (Å²) in [7, 11) is 0. The molecule has 1 aromatic heterocycles. The van der Waals surface area contributed by atoms with Crippen molar-refractivity contribution in [2.45, 2.75) is 30.3 Å². The van der Waals surface area contributed by atoms with Crippen molar-refractivity contribution in [3.63, 3.8) is 0 Å². The second kappa shape index (κ2) is 3.84. The molecule has 1 N–H and O–H groups in total. The summed E-state index contributed by atoms with van der Waals surface area (Å²) in [5.41, 5.74) is 0. The van der Waals surface area contributed by atoms with Crippen molar-refractivity contribution in [3.8, 4) is 0 Å². The van der Waals surface area contributed by atoms with Crippen LogP contribution in [0.4, 0.5) is 8.78 Å². The fourth-order valence-corrected chi connectivity index (χ4v) is 2.56. The maximum Gasteiger partial charge on any atom is 0.248 e. The van der Waals surface area contributed by atoms with E-state index < -0.39 is 5.92 Å². The third-order valence-electron chi connectivity index (χ3n) is 2.35. The third-order valence-corrected chi connectivity index (χ3v) is 3.46. The molecule has 78 valence electrons. The van der Waals surface area contributed by atoms with Crippen LogP contribution < -0.4 is 0 Å². The zero-order valence-corrected chi connectivity index (χ0v) is 8.36. The fourth-order valence-electron chi connectivity index (χ4n) is 1.64. The van der Waals surface area contributed by atoms with Crippen molar-refractivity contribution in [2.24, 2.45) is 5.92 Å². The van der Waals surface area contributed by atoms with Crippen molar-refractivity contribution < 1.29 is 8.78 Å². The van der Waals surface area contributed by atoms with Gasteiger partial charge in [0.05, 0.1) is 0 Å². The molecule has 0 bridgehead atoms. The van der Waals surface area contributed by atoms with Gasteiger partial charge < -0.3 is 0 Å². The lowest BCUT2D eigenvalue weighted by Crippen LogP contribution is -2.10. The number of nitrogens with zero attached hydrogens (tertiary/aromatic N) is 2. The van der Waals surface area contributed by atoms with E-state index in [0.29, 0.717) is 17.3 Å². The minimum Gasteiger partial charge on any atom is -0.254 e. The van der Waals surface area contributed by atoms with Gasteiger partial charge in [0, 0.05) is 18.6 Å². The van der Waals surface area contributed by atoms with Crippen LogP contribution in [0, 0.1) is 5.92 Å². The Labute approximate surface area is 84.7 Å². The predicted octanol–water partition coefficient (Wildman–Crippen LogP) is 2.33. The highest BCUT2D eigenvalue weighted by molar-refractivity contribution is 7.99.